The number of hydrogen-bond donors (Lipinski definition) is 3. The molecule has 3 amide bonds. The topological polar surface area (TPSA) is 98.7 Å². The van der Waals surface area contributed by atoms with Crippen LogP contribution >= 0.6 is 0 Å². The first-order valence-electron chi connectivity index (χ1n) is 8.95. The van der Waals surface area contributed by atoms with Gasteiger partial charge >= 0.3 is 12.0 Å². The molecule has 0 aliphatic heterocycles. The van der Waals surface area contributed by atoms with Gasteiger partial charge in [-0.15, -0.1) is 0 Å². The van der Waals surface area contributed by atoms with E-state index in [0.29, 0.717) is 24.1 Å². The second kappa shape index (κ2) is 8.21. The summed E-state index contributed by atoms with van der Waals surface area (Å²) in [5, 5.41) is 15.1. The van der Waals surface area contributed by atoms with Gasteiger partial charge in [0.25, 0.3) is 5.91 Å². The lowest BCUT2D eigenvalue weighted by atomic mass is 9.80. The van der Waals surface area contributed by atoms with Crippen molar-refractivity contribution in [1.82, 2.24) is 10.2 Å². The molecule has 0 heterocycles. The number of urea groups is 1. The van der Waals surface area contributed by atoms with Crippen molar-refractivity contribution in [1.29, 1.82) is 0 Å². The number of aliphatic carboxylic acids is 1. The van der Waals surface area contributed by atoms with Crippen LogP contribution in [-0.2, 0) is 4.79 Å². The highest BCUT2D eigenvalue weighted by Gasteiger charge is 2.45. The fourth-order valence-corrected chi connectivity index (χ4v) is 3.34. The number of nitrogens with zero attached hydrogens (tertiary/aromatic N) is 1. The van der Waals surface area contributed by atoms with E-state index in [9.17, 15) is 19.5 Å². The Kier molecular flexibility index (Phi) is 6.23. The molecule has 1 aliphatic rings. The lowest BCUT2D eigenvalue weighted by Gasteiger charge is -2.41. The van der Waals surface area contributed by atoms with Gasteiger partial charge in [0.15, 0.2) is 0 Å². The number of anilines is 1. The first-order valence-corrected chi connectivity index (χ1v) is 8.95. The molecule has 0 radical (unpaired) electrons. The maximum Gasteiger partial charge on any atom is 0.329 e. The number of carbonyl (C=O) groups is 3. The van der Waals surface area contributed by atoms with E-state index in [1.165, 1.54) is 4.90 Å². The Labute approximate surface area is 153 Å². The Morgan fingerprint density at radius 3 is 2.15 bits per heavy atom. The molecule has 1 aromatic carbocycles. The van der Waals surface area contributed by atoms with Crippen molar-refractivity contribution < 1.29 is 19.5 Å². The van der Waals surface area contributed by atoms with E-state index < -0.39 is 11.5 Å². The van der Waals surface area contributed by atoms with Crippen LogP contribution in [0.5, 0.6) is 0 Å². The minimum Gasteiger partial charge on any atom is -0.479 e. The molecular formula is C19H27N3O4. The van der Waals surface area contributed by atoms with E-state index in [2.05, 4.69) is 10.6 Å². The highest BCUT2D eigenvalue weighted by atomic mass is 16.4. The van der Waals surface area contributed by atoms with Gasteiger partial charge in [0, 0.05) is 24.3 Å². The predicted octanol–water partition coefficient (Wildman–Crippen LogP) is 3.08. The Morgan fingerprint density at radius 2 is 1.65 bits per heavy atom. The second-order valence-electron chi connectivity index (χ2n) is 7.09. The summed E-state index contributed by atoms with van der Waals surface area (Å²) in [6, 6.07) is 6.17. The Bertz CT molecular complexity index is 664. The summed E-state index contributed by atoms with van der Waals surface area (Å²) in [6.07, 6.45) is 3.55. The number of carboxylic acid groups (broad SMARTS) is 1. The third kappa shape index (κ3) is 4.33. The third-order valence-corrected chi connectivity index (χ3v) is 4.83. The molecule has 1 aliphatic carbocycles. The normalized spacial score (nSPS) is 16.0. The fraction of sp³-hybridized carbons (Fsp3) is 0.526. The van der Waals surface area contributed by atoms with E-state index >= 15 is 0 Å². The molecule has 0 aromatic heterocycles. The number of benzene rings is 1. The van der Waals surface area contributed by atoms with Gasteiger partial charge in [0.2, 0.25) is 0 Å². The molecule has 0 unspecified atom stereocenters. The van der Waals surface area contributed by atoms with Crippen LogP contribution in [0.1, 0.15) is 56.3 Å². The minimum atomic E-state index is -1.14. The minimum absolute atomic E-state index is 0.0206. The van der Waals surface area contributed by atoms with Crippen LogP contribution in [-0.4, -0.2) is 46.5 Å². The Morgan fingerprint density at radius 1 is 1.08 bits per heavy atom. The molecule has 0 bridgehead atoms. The van der Waals surface area contributed by atoms with E-state index in [0.717, 1.165) is 19.3 Å². The van der Waals surface area contributed by atoms with Gasteiger partial charge in [-0.1, -0.05) is 19.3 Å². The standard InChI is InChI=1S/C19H27N3O4/c1-13(2)20-18(26)21-15-9-7-14(8-10-15)16(23)22(3)19(17(24)25)11-5-4-6-12-19/h7-10,13H,4-6,11-12H2,1-3H3,(H,24,25)(H2,20,21,26). The second-order valence-corrected chi connectivity index (χ2v) is 7.09. The van der Waals surface area contributed by atoms with Crippen molar-refractivity contribution in [3.8, 4) is 0 Å². The summed E-state index contributed by atoms with van der Waals surface area (Å²) in [5.74, 6) is -1.27. The zero-order valence-electron chi connectivity index (χ0n) is 15.5. The number of carbonyl (C=O) groups excluding carboxylic acids is 2. The quantitative estimate of drug-likeness (QED) is 0.750. The van der Waals surface area contributed by atoms with Crippen molar-refractivity contribution in [2.75, 3.05) is 12.4 Å². The van der Waals surface area contributed by atoms with Crippen molar-refractivity contribution in [2.45, 2.75) is 57.5 Å². The highest BCUT2D eigenvalue weighted by molar-refractivity contribution is 5.98. The Balaban J connectivity index is 2.11. The number of hydrogen-bond acceptors (Lipinski definition) is 3. The Hall–Kier alpha value is -2.57. The highest BCUT2D eigenvalue weighted by Crippen LogP contribution is 2.34. The van der Waals surface area contributed by atoms with Crippen LogP contribution < -0.4 is 10.6 Å². The third-order valence-electron chi connectivity index (χ3n) is 4.83. The van der Waals surface area contributed by atoms with E-state index in [4.69, 9.17) is 0 Å². The largest absolute Gasteiger partial charge is 0.479 e. The number of amides is 3. The maximum absolute atomic E-state index is 12.8. The van der Waals surface area contributed by atoms with Gasteiger partial charge in [-0.25, -0.2) is 9.59 Å². The molecule has 0 atom stereocenters. The maximum atomic E-state index is 12.8. The summed E-state index contributed by atoms with van der Waals surface area (Å²) in [7, 11) is 1.56. The lowest BCUT2D eigenvalue weighted by molar-refractivity contribution is -0.151. The molecule has 1 fully saturated rings. The average molecular weight is 361 g/mol. The van der Waals surface area contributed by atoms with Gasteiger partial charge in [-0.3, -0.25) is 4.79 Å². The van der Waals surface area contributed by atoms with Crippen molar-refractivity contribution in [3.63, 3.8) is 0 Å². The van der Waals surface area contributed by atoms with Gasteiger partial charge in [-0.05, 0) is 51.0 Å². The van der Waals surface area contributed by atoms with Crippen molar-refractivity contribution in [3.05, 3.63) is 29.8 Å². The molecular weight excluding hydrogens is 334 g/mol. The SMILES string of the molecule is CC(C)NC(=O)Nc1ccc(C(=O)N(C)C2(C(=O)O)CCCCC2)cc1. The molecule has 1 saturated carbocycles. The smallest absolute Gasteiger partial charge is 0.329 e. The van der Waals surface area contributed by atoms with Crippen LogP contribution in [0.4, 0.5) is 10.5 Å². The molecule has 142 valence electrons. The first-order chi connectivity index (χ1) is 12.3. The van der Waals surface area contributed by atoms with E-state index in [1.807, 2.05) is 13.8 Å². The van der Waals surface area contributed by atoms with Crippen LogP contribution in [0.2, 0.25) is 0 Å². The summed E-state index contributed by atoms with van der Waals surface area (Å²) < 4.78 is 0. The summed E-state index contributed by atoms with van der Waals surface area (Å²) in [4.78, 5) is 37.7. The number of likely N-dealkylation sites (N-methyl/N-ethyl adjacent to an activating group) is 1. The molecule has 0 spiro atoms. The fourth-order valence-electron chi connectivity index (χ4n) is 3.34. The van der Waals surface area contributed by atoms with Gasteiger partial charge in [-0.2, -0.15) is 0 Å². The van der Waals surface area contributed by atoms with Crippen LogP contribution in [0.25, 0.3) is 0 Å². The van der Waals surface area contributed by atoms with Crippen molar-refractivity contribution in [2.24, 2.45) is 0 Å². The summed E-state index contributed by atoms with van der Waals surface area (Å²) in [5.41, 5.74) is -0.176. The van der Waals surface area contributed by atoms with E-state index in [1.54, 1.807) is 31.3 Å². The number of nitrogens with one attached hydrogen (secondary N) is 2. The predicted molar refractivity (Wildman–Crippen MR) is 99.3 cm³/mol. The molecule has 26 heavy (non-hydrogen) atoms. The number of rotatable bonds is 5. The summed E-state index contributed by atoms with van der Waals surface area (Å²) >= 11 is 0. The molecule has 0 saturated heterocycles. The molecule has 7 heteroatoms. The number of carboxylic acids is 1. The zero-order valence-corrected chi connectivity index (χ0v) is 15.5. The van der Waals surface area contributed by atoms with Gasteiger partial charge in [0.05, 0.1) is 0 Å². The zero-order chi connectivity index (χ0) is 19.3. The van der Waals surface area contributed by atoms with Crippen molar-refractivity contribution >= 4 is 23.6 Å². The molecule has 1 aromatic rings. The van der Waals surface area contributed by atoms with Crippen LogP contribution in [0.3, 0.4) is 0 Å². The van der Waals surface area contributed by atoms with E-state index in [-0.39, 0.29) is 18.0 Å². The van der Waals surface area contributed by atoms with Gasteiger partial charge < -0.3 is 20.6 Å². The average Bonchev–Trinajstić information content (AvgIpc) is 2.60. The molecule has 2 rings (SSSR count). The molecule has 7 nitrogen and oxygen atoms in total. The van der Waals surface area contributed by atoms with Gasteiger partial charge in [0.1, 0.15) is 5.54 Å². The summed E-state index contributed by atoms with van der Waals surface area (Å²) in [6.45, 7) is 3.72. The monoisotopic (exact) mass is 361 g/mol. The lowest BCUT2D eigenvalue weighted by Crippen LogP contribution is -2.56. The first kappa shape index (κ1) is 19.8. The van der Waals surface area contributed by atoms with Crippen LogP contribution in [0, 0.1) is 0 Å². The van der Waals surface area contributed by atoms with Crippen LogP contribution in [0.15, 0.2) is 24.3 Å². The molecule has 3 N–H and O–H groups in total.